The van der Waals surface area contributed by atoms with Crippen LogP contribution >= 0.6 is 0 Å². The van der Waals surface area contributed by atoms with Gasteiger partial charge in [-0.15, -0.1) is 0 Å². The molecule has 0 atom stereocenters. The molecule has 1 aliphatic carbocycles. The second-order valence-corrected chi connectivity index (χ2v) is 7.93. The van der Waals surface area contributed by atoms with Gasteiger partial charge in [0.15, 0.2) is 5.82 Å². The van der Waals surface area contributed by atoms with Crippen molar-refractivity contribution < 1.29 is 4.74 Å². The average molecular weight is 367 g/mol. The molecule has 0 amide bonds. The van der Waals surface area contributed by atoms with E-state index in [4.69, 9.17) is 4.74 Å². The minimum atomic E-state index is 0.644. The van der Waals surface area contributed by atoms with Gasteiger partial charge in [-0.1, -0.05) is 39.5 Å². The van der Waals surface area contributed by atoms with Gasteiger partial charge in [-0.2, -0.15) is 0 Å². The van der Waals surface area contributed by atoms with Crippen molar-refractivity contribution in [2.75, 3.05) is 6.61 Å². The lowest BCUT2D eigenvalue weighted by atomic mass is 9.78. The quantitative estimate of drug-likeness (QED) is 0.458. The van der Waals surface area contributed by atoms with Gasteiger partial charge in [0.1, 0.15) is 5.75 Å². The predicted molar refractivity (Wildman–Crippen MR) is 112 cm³/mol. The molecule has 0 saturated heterocycles. The van der Waals surface area contributed by atoms with E-state index in [-0.39, 0.29) is 0 Å². The SMILES string of the molecule is CCCCCOc1ccc(-c2ncc(C3CCC(CCC)CC3)cn2)cc1. The molecule has 146 valence electrons. The summed E-state index contributed by atoms with van der Waals surface area (Å²) in [5, 5.41) is 0. The minimum absolute atomic E-state index is 0.644. The number of hydrogen-bond acceptors (Lipinski definition) is 3. The molecule has 1 fully saturated rings. The van der Waals surface area contributed by atoms with Gasteiger partial charge < -0.3 is 4.74 Å². The summed E-state index contributed by atoms with van der Waals surface area (Å²) in [7, 11) is 0. The molecule has 0 spiro atoms. The molecular weight excluding hydrogens is 332 g/mol. The second-order valence-electron chi connectivity index (χ2n) is 7.93. The van der Waals surface area contributed by atoms with Crippen LogP contribution in [0.5, 0.6) is 5.75 Å². The number of benzene rings is 1. The maximum Gasteiger partial charge on any atom is 0.159 e. The van der Waals surface area contributed by atoms with Crippen LogP contribution in [0, 0.1) is 5.92 Å². The van der Waals surface area contributed by atoms with Crippen LogP contribution in [0.2, 0.25) is 0 Å². The van der Waals surface area contributed by atoms with Crippen molar-refractivity contribution in [1.29, 1.82) is 0 Å². The summed E-state index contributed by atoms with van der Waals surface area (Å²) >= 11 is 0. The Hall–Kier alpha value is -1.90. The van der Waals surface area contributed by atoms with Crippen LogP contribution in [0.4, 0.5) is 0 Å². The van der Waals surface area contributed by atoms with Gasteiger partial charge in [-0.3, -0.25) is 0 Å². The van der Waals surface area contributed by atoms with Gasteiger partial charge in [0.2, 0.25) is 0 Å². The molecular formula is C24H34N2O. The van der Waals surface area contributed by atoms with Crippen LogP contribution in [-0.2, 0) is 0 Å². The molecule has 1 aromatic carbocycles. The smallest absolute Gasteiger partial charge is 0.159 e. The van der Waals surface area contributed by atoms with Crippen LogP contribution < -0.4 is 4.74 Å². The van der Waals surface area contributed by atoms with Gasteiger partial charge in [0.25, 0.3) is 0 Å². The van der Waals surface area contributed by atoms with Crippen molar-refractivity contribution in [3.63, 3.8) is 0 Å². The molecule has 3 heteroatoms. The Morgan fingerprint density at radius 1 is 0.889 bits per heavy atom. The van der Waals surface area contributed by atoms with E-state index in [1.54, 1.807) is 0 Å². The zero-order valence-corrected chi connectivity index (χ0v) is 17.0. The lowest BCUT2D eigenvalue weighted by Crippen LogP contribution is -2.13. The maximum atomic E-state index is 5.78. The Bertz CT molecular complexity index is 658. The lowest BCUT2D eigenvalue weighted by Gasteiger charge is -2.28. The number of unbranched alkanes of at least 4 members (excludes halogenated alkanes) is 2. The molecule has 0 aliphatic heterocycles. The van der Waals surface area contributed by atoms with Crippen LogP contribution in [-0.4, -0.2) is 16.6 Å². The molecule has 3 rings (SSSR count). The summed E-state index contributed by atoms with van der Waals surface area (Å²) in [5.74, 6) is 3.31. The third kappa shape index (κ3) is 5.79. The fourth-order valence-corrected chi connectivity index (χ4v) is 4.13. The first-order chi connectivity index (χ1) is 13.3. The molecule has 2 aromatic rings. The van der Waals surface area contributed by atoms with E-state index in [1.807, 2.05) is 24.5 Å². The highest BCUT2D eigenvalue weighted by molar-refractivity contribution is 5.56. The van der Waals surface area contributed by atoms with Gasteiger partial charge in [0, 0.05) is 18.0 Å². The van der Waals surface area contributed by atoms with Crippen molar-refractivity contribution in [3.8, 4) is 17.1 Å². The second kappa shape index (κ2) is 10.4. The van der Waals surface area contributed by atoms with Gasteiger partial charge in [0.05, 0.1) is 6.61 Å². The van der Waals surface area contributed by atoms with Crippen molar-refractivity contribution in [3.05, 3.63) is 42.2 Å². The van der Waals surface area contributed by atoms with E-state index >= 15 is 0 Å². The molecule has 27 heavy (non-hydrogen) atoms. The van der Waals surface area contributed by atoms with E-state index in [0.717, 1.165) is 36.1 Å². The van der Waals surface area contributed by atoms with E-state index < -0.39 is 0 Å². The number of ether oxygens (including phenoxy) is 1. The van der Waals surface area contributed by atoms with Gasteiger partial charge >= 0.3 is 0 Å². The van der Waals surface area contributed by atoms with Gasteiger partial charge in [-0.25, -0.2) is 9.97 Å². The molecule has 0 N–H and O–H groups in total. The van der Waals surface area contributed by atoms with Crippen molar-refractivity contribution in [2.24, 2.45) is 5.92 Å². The topological polar surface area (TPSA) is 35.0 Å². The van der Waals surface area contributed by atoms with Crippen LogP contribution in [0.15, 0.2) is 36.7 Å². The van der Waals surface area contributed by atoms with Crippen LogP contribution in [0.1, 0.15) is 83.1 Å². The minimum Gasteiger partial charge on any atom is -0.494 e. The first kappa shape index (κ1) is 19.9. The van der Waals surface area contributed by atoms with Crippen LogP contribution in [0.25, 0.3) is 11.4 Å². The third-order valence-electron chi connectivity index (χ3n) is 5.82. The third-order valence-corrected chi connectivity index (χ3v) is 5.82. The standard InChI is InChI=1S/C24H34N2O/c1-3-5-6-16-27-23-14-12-21(13-15-23)24-25-17-22(18-26-24)20-10-8-19(7-4-2)9-11-20/h12-15,17-20H,3-11,16H2,1-2H3. The highest BCUT2D eigenvalue weighted by Gasteiger charge is 2.22. The summed E-state index contributed by atoms with van der Waals surface area (Å²) in [4.78, 5) is 9.29. The molecule has 0 bridgehead atoms. The molecule has 1 saturated carbocycles. The Morgan fingerprint density at radius 3 is 2.22 bits per heavy atom. The zero-order valence-electron chi connectivity index (χ0n) is 17.0. The Kier molecular flexibility index (Phi) is 7.67. The van der Waals surface area contributed by atoms with Gasteiger partial charge in [-0.05, 0) is 73.8 Å². The monoisotopic (exact) mass is 366 g/mol. The lowest BCUT2D eigenvalue weighted by molar-refractivity contribution is 0.306. The average Bonchev–Trinajstić information content (AvgIpc) is 2.73. The summed E-state index contributed by atoms with van der Waals surface area (Å²) in [5.41, 5.74) is 2.36. The molecule has 1 aromatic heterocycles. The highest BCUT2D eigenvalue weighted by Crippen LogP contribution is 2.37. The van der Waals surface area contributed by atoms with E-state index in [1.165, 1.54) is 56.9 Å². The fraction of sp³-hybridized carbons (Fsp3) is 0.583. The Labute approximate surface area is 164 Å². The molecule has 1 aliphatic rings. The number of aromatic nitrogens is 2. The predicted octanol–water partition coefficient (Wildman–Crippen LogP) is 6.79. The normalized spacial score (nSPS) is 19.8. The number of nitrogens with zero attached hydrogens (tertiary/aromatic N) is 2. The summed E-state index contributed by atoms with van der Waals surface area (Å²) in [6, 6.07) is 8.15. The summed E-state index contributed by atoms with van der Waals surface area (Å²) < 4.78 is 5.78. The first-order valence-corrected chi connectivity index (χ1v) is 10.8. The van der Waals surface area contributed by atoms with Crippen LogP contribution in [0.3, 0.4) is 0 Å². The maximum absolute atomic E-state index is 5.78. The highest BCUT2D eigenvalue weighted by atomic mass is 16.5. The van der Waals surface area contributed by atoms with E-state index in [9.17, 15) is 0 Å². The van der Waals surface area contributed by atoms with E-state index in [2.05, 4.69) is 35.9 Å². The zero-order chi connectivity index (χ0) is 18.9. The molecule has 0 radical (unpaired) electrons. The Morgan fingerprint density at radius 2 is 1.59 bits per heavy atom. The Balaban J connectivity index is 1.54. The number of hydrogen-bond donors (Lipinski definition) is 0. The molecule has 1 heterocycles. The first-order valence-electron chi connectivity index (χ1n) is 10.8. The van der Waals surface area contributed by atoms with Crippen molar-refractivity contribution in [2.45, 2.75) is 77.6 Å². The van der Waals surface area contributed by atoms with E-state index in [0.29, 0.717) is 5.92 Å². The summed E-state index contributed by atoms with van der Waals surface area (Å²) in [6.07, 6.45) is 15.6. The van der Waals surface area contributed by atoms with Crippen molar-refractivity contribution >= 4 is 0 Å². The molecule has 0 unspecified atom stereocenters. The fourth-order valence-electron chi connectivity index (χ4n) is 4.13. The molecule has 3 nitrogen and oxygen atoms in total. The van der Waals surface area contributed by atoms with Crippen molar-refractivity contribution in [1.82, 2.24) is 9.97 Å². The largest absolute Gasteiger partial charge is 0.494 e. The number of rotatable bonds is 9. The summed E-state index contributed by atoms with van der Waals surface area (Å²) in [6.45, 7) is 5.29.